The van der Waals surface area contributed by atoms with Gasteiger partial charge in [-0.3, -0.25) is 0 Å². The molecule has 2 aromatic heterocycles. The minimum Gasteiger partial charge on any atom is -0.327 e. The minimum atomic E-state index is 0.0453. The van der Waals surface area contributed by atoms with E-state index >= 15 is 0 Å². The number of thiazole rings is 1. The second-order valence-electron chi connectivity index (χ2n) is 5.12. The van der Waals surface area contributed by atoms with Crippen molar-refractivity contribution in [3.63, 3.8) is 0 Å². The normalized spacial score (nSPS) is 29.6. The van der Waals surface area contributed by atoms with Crippen LogP contribution < -0.4 is 5.73 Å². The molecule has 1 aliphatic rings. The summed E-state index contributed by atoms with van der Waals surface area (Å²) in [7, 11) is 0. The van der Waals surface area contributed by atoms with Crippen molar-refractivity contribution in [2.24, 2.45) is 5.73 Å². The fourth-order valence-electron chi connectivity index (χ4n) is 2.64. The smallest absolute Gasteiger partial charge is 0.143 e. The zero-order valence-electron chi connectivity index (χ0n) is 10.0. The van der Waals surface area contributed by atoms with E-state index in [2.05, 4.69) is 11.9 Å². The van der Waals surface area contributed by atoms with E-state index in [-0.39, 0.29) is 11.5 Å². The number of nitrogens with zero attached hydrogens (tertiary/aromatic N) is 2. The predicted molar refractivity (Wildman–Crippen MR) is 71.2 cm³/mol. The molecule has 3 rings (SSSR count). The number of hydrogen-bond acceptors (Lipinski definition) is 4. The Morgan fingerprint density at radius 2 is 2.35 bits per heavy atom. The first-order valence-electron chi connectivity index (χ1n) is 6.18. The van der Waals surface area contributed by atoms with Gasteiger partial charge in [-0.15, -0.1) is 0 Å². The highest BCUT2D eigenvalue weighted by atomic mass is 32.1. The van der Waals surface area contributed by atoms with Crippen LogP contribution in [0, 0.1) is 0 Å². The third-order valence-corrected chi connectivity index (χ3v) is 5.19. The van der Waals surface area contributed by atoms with Gasteiger partial charge < -0.3 is 5.73 Å². The summed E-state index contributed by atoms with van der Waals surface area (Å²) in [4.78, 5) is 10.1. The first-order chi connectivity index (χ1) is 8.20. The highest BCUT2D eigenvalue weighted by Crippen LogP contribution is 2.40. The second-order valence-corrected chi connectivity index (χ2v) is 6.09. The third-order valence-electron chi connectivity index (χ3n) is 3.93. The van der Waals surface area contributed by atoms with Crippen molar-refractivity contribution in [3.05, 3.63) is 23.3 Å². The maximum Gasteiger partial charge on any atom is 0.143 e. The monoisotopic (exact) mass is 247 g/mol. The Morgan fingerprint density at radius 3 is 3.12 bits per heavy atom. The van der Waals surface area contributed by atoms with Gasteiger partial charge in [0.05, 0.1) is 0 Å². The van der Waals surface area contributed by atoms with E-state index in [1.165, 1.54) is 17.8 Å². The molecule has 1 saturated carbocycles. The van der Waals surface area contributed by atoms with Gasteiger partial charge >= 0.3 is 0 Å². The van der Waals surface area contributed by atoms with Crippen molar-refractivity contribution in [2.75, 3.05) is 0 Å². The Morgan fingerprint density at radius 1 is 1.47 bits per heavy atom. The standard InChI is InChI=1S/C13H17N3S/c1-13(7-3-2-6-10(13)14)12-16-9-5-4-8-15-11(9)17-12/h4-5,8,10H,2-3,6-7,14H2,1H3. The number of fused-ring (bicyclic) bond motifs is 1. The highest BCUT2D eigenvalue weighted by molar-refractivity contribution is 7.18. The molecule has 0 aliphatic heterocycles. The van der Waals surface area contributed by atoms with Crippen molar-refractivity contribution in [2.45, 2.75) is 44.1 Å². The SMILES string of the molecule is CC1(c2nc3cccnc3s2)CCCCC1N. The second kappa shape index (κ2) is 4.03. The van der Waals surface area contributed by atoms with Crippen LogP contribution in [-0.4, -0.2) is 16.0 Å². The summed E-state index contributed by atoms with van der Waals surface area (Å²) in [5.41, 5.74) is 7.36. The van der Waals surface area contributed by atoms with E-state index in [9.17, 15) is 0 Å². The molecule has 1 aliphatic carbocycles. The van der Waals surface area contributed by atoms with Gasteiger partial charge in [0.25, 0.3) is 0 Å². The van der Waals surface area contributed by atoms with Crippen LogP contribution in [0.1, 0.15) is 37.6 Å². The lowest BCUT2D eigenvalue weighted by Crippen LogP contribution is -2.45. The summed E-state index contributed by atoms with van der Waals surface area (Å²) in [6.07, 6.45) is 6.59. The van der Waals surface area contributed by atoms with Crippen molar-refractivity contribution >= 4 is 21.7 Å². The molecule has 2 heterocycles. The van der Waals surface area contributed by atoms with Crippen molar-refractivity contribution in [1.82, 2.24) is 9.97 Å². The van der Waals surface area contributed by atoms with Crippen LogP contribution in [0.4, 0.5) is 0 Å². The molecular weight excluding hydrogens is 230 g/mol. The van der Waals surface area contributed by atoms with Gasteiger partial charge in [0, 0.05) is 17.7 Å². The van der Waals surface area contributed by atoms with Crippen LogP contribution in [0.25, 0.3) is 10.3 Å². The van der Waals surface area contributed by atoms with Gasteiger partial charge in [0.15, 0.2) is 0 Å². The lowest BCUT2D eigenvalue weighted by Gasteiger charge is -2.37. The van der Waals surface area contributed by atoms with Crippen molar-refractivity contribution in [1.29, 1.82) is 0 Å². The molecule has 0 radical (unpaired) electrons. The number of hydrogen-bond donors (Lipinski definition) is 1. The molecule has 2 atom stereocenters. The lowest BCUT2D eigenvalue weighted by molar-refractivity contribution is 0.271. The molecule has 0 bridgehead atoms. The summed E-state index contributed by atoms with van der Waals surface area (Å²) < 4.78 is 0. The maximum atomic E-state index is 6.31. The summed E-state index contributed by atoms with van der Waals surface area (Å²) in [6, 6.07) is 4.20. The summed E-state index contributed by atoms with van der Waals surface area (Å²) >= 11 is 1.70. The molecule has 4 heteroatoms. The van der Waals surface area contributed by atoms with Gasteiger partial charge in [-0.2, -0.15) is 0 Å². The fraction of sp³-hybridized carbons (Fsp3) is 0.538. The zero-order valence-corrected chi connectivity index (χ0v) is 10.8. The van der Waals surface area contributed by atoms with Crippen LogP contribution in [0.15, 0.2) is 18.3 Å². The highest BCUT2D eigenvalue weighted by Gasteiger charge is 2.38. The number of rotatable bonds is 1. The molecule has 2 aromatic rings. The molecule has 0 amide bonds. The maximum absolute atomic E-state index is 6.31. The molecular formula is C13H17N3S. The van der Waals surface area contributed by atoms with Crippen LogP contribution in [0.5, 0.6) is 0 Å². The summed E-state index contributed by atoms with van der Waals surface area (Å²) in [6.45, 7) is 2.26. The van der Waals surface area contributed by atoms with E-state index in [1.54, 1.807) is 11.3 Å². The molecule has 1 fully saturated rings. The van der Waals surface area contributed by atoms with Crippen LogP contribution in [0.3, 0.4) is 0 Å². The number of nitrogens with two attached hydrogens (primary N) is 1. The van der Waals surface area contributed by atoms with E-state index in [4.69, 9.17) is 10.7 Å². The van der Waals surface area contributed by atoms with Crippen LogP contribution in [-0.2, 0) is 5.41 Å². The Bertz CT molecular complexity index is 503. The van der Waals surface area contributed by atoms with Gasteiger partial charge in [-0.05, 0) is 25.0 Å². The first-order valence-corrected chi connectivity index (χ1v) is 6.99. The Balaban J connectivity index is 2.07. The largest absolute Gasteiger partial charge is 0.327 e. The molecule has 90 valence electrons. The zero-order chi connectivity index (χ0) is 11.9. The van der Waals surface area contributed by atoms with E-state index < -0.39 is 0 Å². The molecule has 0 aromatic carbocycles. The fourth-order valence-corrected chi connectivity index (χ4v) is 3.79. The molecule has 2 N–H and O–H groups in total. The van der Waals surface area contributed by atoms with Crippen molar-refractivity contribution in [3.8, 4) is 0 Å². The summed E-state index contributed by atoms with van der Waals surface area (Å²) in [5.74, 6) is 0. The minimum absolute atomic E-state index is 0.0453. The number of pyridine rings is 1. The predicted octanol–water partition coefficient (Wildman–Crippen LogP) is 2.85. The van der Waals surface area contributed by atoms with Gasteiger partial charge in [-0.1, -0.05) is 31.1 Å². The Hall–Kier alpha value is -1.00. The molecule has 0 spiro atoms. The van der Waals surface area contributed by atoms with Crippen LogP contribution >= 0.6 is 11.3 Å². The first kappa shape index (κ1) is 11.1. The molecule has 17 heavy (non-hydrogen) atoms. The van der Waals surface area contributed by atoms with E-state index in [0.29, 0.717) is 0 Å². The lowest BCUT2D eigenvalue weighted by atomic mass is 9.72. The average Bonchev–Trinajstić information content (AvgIpc) is 2.77. The van der Waals surface area contributed by atoms with Crippen molar-refractivity contribution < 1.29 is 0 Å². The third kappa shape index (κ3) is 1.76. The Labute approximate surface area is 105 Å². The van der Waals surface area contributed by atoms with E-state index in [1.807, 2.05) is 18.3 Å². The summed E-state index contributed by atoms with van der Waals surface area (Å²) in [5, 5.41) is 1.17. The van der Waals surface area contributed by atoms with Gasteiger partial charge in [0.2, 0.25) is 0 Å². The quantitative estimate of drug-likeness (QED) is 0.843. The Kier molecular flexibility index (Phi) is 2.64. The van der Waals surface area contributed by atoms with Gasteiger partial charge in [0.1, 0.15) is 15.4 Å². The molecule has 3 nitrogen and oxygen atoms in total. The van der Waals surface area contributed by atoms with Gasteiger partial charge in [-0.25, -0.2) is 9.97 Å². The molecule has 2 unspecified atom stereocenters. The topological polar surface area (TPSA) is 51.8 Å². The number of aromatic nitrogens is 2. The average molecular weight is 247 g/mol. The van der Waals surface area contributed by atoms with E-state index in [0.717, 1.165) is 23.2 Å². The van der Waals surface area contributed by atoms with Crippen LogP contribution in [0.2, 0.25) is 0 Å². The molecule has 0 saturated heterocycles.